The Balaban J connectivity index is 2.00. The second-order valence-corrected chi connectivity index (χ2v) is 4.76. The number of carbonyl (C=O) groups excluding carboxylic acids is 2. The smallest absolute Gasteiger partial charge is 0.379 e. The van der Waals surface area contributed by atoms with Crippen molar-refractivity contribution in [1.29, 1.82) is 0 Å². The molecule has 0 unspecified atom stereocenters. The third-order valence-corrected chi connectivity index (χ3v) is 2.95. The van der Waals surface area contributed by atoms with Gasteiger partial charge < -0.3 is 14.2 Å². The van der Waals surface area contributed by atoms with Crippen molar-refractivity contribution in [2.24, 2.45) is 0 Å². The average Bonchev–Trinajstić information content (AvgIpc) is 2.56. The van der Waals surface area contributed by atoms with Crippen LogP contribution in [-0.2, 0) is 19.0 Å². The highest BCUT2D eigenvalue weighted by Crippen LogP contribution is 2.01. The summed E-state index contributed by atoms with van der Waals surface area (Å²) in [7, 11) is 0. The van der Waals surface area contributed by atoms with Crippen LogP contribution in [0.5, 0.6) is 0 Å². The van der Waals surface area contributed by atoms with E-state index >= 15 is 0 Å². The number of Topliss-reactive ketones (excluding diaryl/α,β-unsaturated/α-hetero) is 1. The van der Waals surface area contributed by atoms with Crippen molar-refractivity contribution in [1.82, 2.24) is 0 Å². The maximum absolute atomic E-state index is 11.7. The summed E-state index contributed by atoms with van der Waals surface area (Å²) in [6.45, 7) is 4.20. The molecule has 0 atom stereocenters. The normalized spacial score (nSPS) is 10.4. The maximum atomic E-state index is 11.7. The van der Waals surface area contributed by atoms with Gasteiger partial charge in [-0.05, 0) is 6.42 Å². The fourth-order valence-corrected chi connectivity index (χ4v) is 1.74. The Kier molecular flexibility index (Phi) is 9.90. The van der Waals surface area contributed by atoms with Gasteiger partial charge in [0.15, 0.2) is 0 Å². The number of ketones is 1. The summed E-state index contributed by atoms with van der Waals surface area (Å²) in [6.07, 6.45) is 3.41. The fraction of sp³-hybridized carbons (Fsp3) is 0.529. The third kappa shape index (κ3) is 7.90. The van der Waals surface area contributed by atoms with E-state index in [1.54, 1.807) is 30.3 Å². The van der Waals surface area contributed by atoms with Gasteiger partial charge in [0.1, 0.15) is 6.61 Å². The molecule has 0 spiro atoms. The fourth-order valence-electron chi connectivity index (χ4n) is 1.74. The number of hydrogen-bond donors (Lipinski definition) is 0. The van der Waals surface area contributed by atoms with Gasteiger partial charge in [-0.15, -0.1) is 0 Å². The molecule has 0 aliphatic rings. The highest BCUT2D eigenvalue weighted by molar-refractivity contribution is 6.40. The molecule has 1 rings (SSSR count). The Morgan fingerprint density at radius 2 is 1.50 bits per heavy atom. The van der Waals surface area contributed by atoms with E-state index in [0.29, 0.717) is 18.8 Å². The standard InChI is InChI=1S/C17H24O5/c1-2-3-7-10-20-11-12-21-13-14-22-17(19)16(18)15-8-5-4-6-9-15/h4-6,8-9H,2-3,7,10-14H2,1H3. The molecule has 0 aromatic heterocycles. The highest BCUT2D eigenvalue weighted by atomic mass is 16.6. The Bertz CT molecular complexity index is 430. The van der Waals surface area contributed by atoms with Crippen molar-refractivity contribution >= 4 is 11.8 Å². The summed E-state index contributed by atoms with van der Waals surface area (Å²) in [6, 6.07) is 8.33. The first-order valence-electron chi connectivity index (χ1n) is 7.67. The van der Waals surface area contributed by atoms with Crippen LogP contribution in [-0.4, -0.2) is 44.8 Å². The summed E-state index contributed by atoms with van der Waals surface area (Å²) in [5.41, 5.74) is 0.328. The van der Waals surface area contributed by atoms with Gasteiger partial charge in [0.05, 0.1) is 19.8 Å². The summed E-state index contributed by atoms with van der Waals surface area (Å²) in [4.78, 5) is 23.2. The number of hydrogen-bond acceptors (Lipinski definition) is 5. The molecule has 1 aromatic carbocycles. The van der Waals surface area contributed by atoms with Crippen LogP contribution in [0, 0.1) is 0 Å². The summed E-state index contributed by atoms with van der Waals surface area (Å²) in [5.74, 6) is -1.49. The summed E-state index contributed by atoms with van der Waals surface area (Å²) < 4.78 is 15.5. The minimum Gasteiger partial charge on any atom is -0.457 e. The van der Waals surface area contributed by atoms with Crippen molar-refractivity contribution in [3.05, 3.63) is 35.9 Å². The van der Waals surface area contributed by atoms with Crippen LogP contribution in [0.4, 0.5) is 0 Å². The van der Waals surface area contributed by atoms with E-state index in [2.05, 4.69) is 6.92 Å². The minimum atomic E-state index is -0.856. The Morgan fingerprint density at radius 3 is 2.18 bits per heavy atom. The lowest BCUT2D eigenvalue weighted by molar-refractivity contribution is -0.139. The van der Waals surface area contributed by atoms with Gasteiger partial charge >= 0.3 is 5.97 Å². The molecule has 1 aromatic rings. The van der Waals surface area contributed by atoms with E-state index in [-0.39, 0.29) is 13.2 Å². The summed E-state index contributed by atoms with van der Waals surface area (Å²) in [5, 5.41) is 0. The number of unbranched alkanes of at least 4 members (excludes halogenated alkanes) is 2. The van der Waals surface area contributed by atoms with Gasteiger partial charge in [0, 0.05) is 12.2 Å². The zero-order chi connectivity index (χ0) is 16.0. The predicted molar refractivity (Wildman–Crippen MR) is 82.9 cm³/mol. The van der Waals surface area contributed by atoms with E-state index < -0.39 is 11.8 Å². The molecule has 0 bridgehead atoms. The molecule has 0 heterocycles. The van der Waals surface area contributed by atoms with E-state index in [0.717, 1.165) is 13.0 Å². The van der Waals surface area contributed by atoms with Gasteiger partial charge in [-0.1, -0.05) is 50.1 Å². The second kappa shape index (κ2) is 11.9. The molecule has 0 fully saturated rings. The first-order chi connectivity index (χ1) is 10.8. The average molecular weight is 308 g/mol. The van der Waals surface area contributed by atoms with E-state index in [1.165, 1.54) is 12.8 Å². The predicted octanol–water partition coefficient (Wildman–Crippen LogP) is 2.64. The molecule has 0 amide bonds. The molecule has 0 saturated heterocycles. The lowest BCUT2D eigenvalue weighted by Gasteiger charge is -2.06. The molecular weight excluding hydrogens is 284 g/mol. The zero-order valence-corrected chi connectivity index (χ0v) is 13.1. The SMILES string of the molecule is CCCCCOCCOCCOC(=O)C(=O)c1ccccc1. The topological polar surface area (TPSA) is 61.8 Å². The minimum absolute atomic E-state index is 0.0627. The van der Waals surface area contributed by atoms with Gasteiger partial charge in [0.2, 0.25) is 0 Å². The number of ether oxygens (including phenoxy) is 3. The number of benzene rings is 1. The van der Waals surface area contributed by atoms with Gasteiger partial charge in [-0.3, -0.25) is 4.79 Å². The van der Waals surface area contributed by atoms with Crippen molar-refractivity contribution in [2.45, 2.75) is 26.2 Å². The van der Waals surface area contributed by atoms with Crippen LogP contribution in [0.25, 0.3) is 0 Å². The van der Waals surface area contributed by atoms with Gasteiger partial charge in [-0.2, -0.15) is 0 Å². The Labute approximate surface area is 131 Å². The van der Waals surface area contributed by atoms with Crippen molar-refractivity contribution in [3.8, 4) is 0 Å². The lowest BCUT2D eigenvalue weighted by atomic mass is 10.1. The Morgan fingerprint density at radius 1 is 0.864 bits per heavy atom. The molecule has 5 nitrogen and oxygen atoms in total. The van der Waals surface area contributed by atoms with Gasteiger partial charge in [0.25, 0.3) is 5.78 Å². The first kappa shape index (κ1) is 18.3. The highest BCUT2D eigenvalue weighted by Gasteiger charge is 2.16. The van der Waals surface area contributed by atoms with Crippen molar-refractivity contribution < 1.29 is 23.8 Å². The first-order valence-corrected chi connectivity index (χ1v) is 7.67. The van der Waals surface area contributed by atoms with Crippen LogP contribution in [0.15, 0.2) is 30.3 Å². The number of esters is 1. The summed E-state index contributed by atoms with van der Waals surface area (Å²) >= 11 is 0. The second-order valence-electron chi connectivity index (χ2n) is 4.76. The largest absolute Gasteiger partial charge is 0.457 e. The molecule has 122 valence electrons. The van der Waals surface area contributed by atoms with Crippen LogP contribution in [0.1, 0.15) is 36.5 Å². The zero-order valence-electron chi connectivity index (χ0n) is 13.1. The van der Waals surface area contributed by atoms with Gasteiger partial charge in [-0.25, -0.2) is 4.79 Å². The Hall–Kier alpha value is -1.72. The third-order valence-electron chi connectivity index (χ3n) is 2.95. The molecule has 22 heavy (non-hydrogen) atoms. The molecule has 5 heteroatoms. The van der Waals surface area contributed by atoms with Crippen LogP contribution < -0.4 is 0 Å². The molecule has 0 N–H and O–H groups in total. The van der Waals surface area contributed by atoms with E-state index in [9.17, 15) is 9.59 Å². The lowest BCUT2D eigenvalue weighted by Crippen LogP contribution is -2.20. The van der Waals surface area contributed by atoms with E-state index in [1.807, 2.05) is 0 Å². The molecule has 0 aliphatic carbocycles. The van der Waals surface area contributed by atoms with Crippen LogP contribution in [0.3, 0.4) is 0 Å². The quantitative estimate of drug-likeness (QED) is 0.257. The maximum Gasteiger partial charge on any atom is 0.379 e. The van der Waals surface area contributed by atoms with Crippen molar-refractivity contribution in [2.75, 3.05) is 33.0 Å². The van der Waals surface area contributed by atoms with Crippen molar-refractivity contribution in [3.63, 3.8) is 0 Å². The molecule has 0 radical (unpaired) electrons. The molecular formula is C17H24O5. The monoisotopic (exact) mass is 308 g/mol. The number of rotatable bonds is 12. The molecule has 0 aliphatic heterocycles. The van der Waals surface area contributed by atoms with Crippen LogP contribution >= 0.6 is 0 Å². The van der Waals surface area contributed by atoms with Crippen LogP contribution in [0.2, 0.25) is 0 Å². The van der Waals surface area contributed by atoms with E-state index in [4.69, 9.17) is 14.2 Å². The molecule has 0 saturated carbocycles. The number of carbonyl (C=O) groups is 2.